The van der Waals surface area contributed by atoms with E-state index >= 15 is 0 Å². The van der Waals surface area contributed by atoms with Gasteiger partial charge in [0.25, 0.3) is 0 Å². The minimum atomic E-state index is -0.383. The number of hydrogen-bond acceptors (Lipinski definition) is 5. The highest BCUT2D eigenvalue weighted by atomic mass is 16.5. The lowest BCUT2D eigenvalue weighted by molar-refractivity contribution is 0.0526. The molecular formula is C16H12N4O2. The van der Waals surface area contributed by atoms with Crippen LogP contribution in [0.15, 0.2) is 42.9 Å². The molecular weight excluding hydrogens is 280 g/mol. The van der Waals surface area contributed by atoms with Crippen LogP contribution in [0.25, 0.3) is 5.65 Å². The molecule has 3 rings (SSSR count). The maximum Gasteiger partial charge on any atom is 0.338 e. The van der Waals surface area contributed by atoms with E-state index in [0.717, 1.165) is 5.65 Å². The molecule has 3 aromatic heterocycles. The summed E-state index contributed by atoms with van der Waals surface area (Å²) in [4.78, 5) is 20.1. The highest BCUT2D eigenvalue weighted by molar-refractivity contribution is 5.89. The minimum Gasteiger partial charge on any atom is -0.462 e. The van der Waals surface area contributed by atoms with E-state index in [9.17, 15) is 4.79 Å². The summed E-state index contributed by atoms with van der Waals surface area (Å²) in [5, 5.41) is 4.07. The van der Waals surface area contributed by atoms with Crippen LogP contribution in [0.2, 0.25) is 0 Å². The van der Waals surface area contributed by atoms with Gasteiger partial charge >= 0.3 is 5.97 Å². The zero-order valence-electron chi connectivity index (χ0n) is 11.9. The van der Waals surface area contributed by atoms with Gasteiger partial charge < -0.3 is 4.74 Å². The Balaban J connectivity index is 1.86. The summed E-state index contributed by atoms with van der Waals surface area (Å²) in [6, 6.07) is 6.76. The number of fused-ring (bicyclic) bond motifs is 1. The Kier molecular flexibility index (Phi) is 3.79. The Morgan fingerprint density at radius 2 is 2.09 bits per heavy atom. The first-order chi connectivity index (χ1) is 10.8. The molecule has 0 amide bonds. The number of aromatic nitrogens is 4. The number of esters is 1. The fourth-order valence-corrected chi connectivity index (χ4v) is 1.85. The molecule has 6 nitrogen and oxygen atoms in total. The van der Waals surface area contributed by atoms with Crippen molar-refractivity contribution in [3.63, 3.8) is 0 Å². The molecule has 0 spiro atoms. The molecule has 22 heavy (non-hydrogen) atoms. The Labute approximate surface area is 126 Å². The molecule has 0 saturated heterocycles. The molecule has 0 atom stereocenters. The molecule has 0 fully saturated rings. The molecule has 0 aliphatic heterocycles. The van der Waals surface area contributed by atoms with Gasteiger partial charge in [0, 0.05) is 18.5 Å². The third-order valence-electron chi connectivity index (χ3n) is 2.85. The molecule has 0 unspecified atom stereocenters. The average molecular weight is 292 g/mol. The first-order valence-electron chi connectivity index (χ1n) is 6.72. The third-order valence-corrected chi connectivity index (χ3v) is 2.85. The molecule has 0 bridgehead atoms. The molecule has 0 saturated carbocycles. The van der Waals surface area contributed by atoms with E-state index in [0.29, 0.717) is 23.6 Å². The van der Waals surface area contributed by atoms with Gasteiger partial charge in [-0.1, -0.05) is 0 Å². The van der Waals surface area contributed by atoms with Crippen LogP contribution in [-0.2, 0) is 4.74 Å². The van der Waals surface area contributed by atoms with E-state index in [4.69, 9.17) is 4.74 Å². The Bertz CT molecular complexity index is 890. The third kappa shape index (κ3) is 2.94. The van der Waals surface area contributed by atoms with Crippen molar-refractivity contribution in [2.75, 3.05) is 6.61 Å². The van der Waals surface area contributed by atoms with Gasteiger partial charge in [0.15, 0.2) is 5.65 Å². The maximum absolute atomic E-state index is 11.7. The van der Waals surface area contributed by atoms with Crippen molar-refractivity contribution in [1.29, 1.82) is 0 Å². The van der Waals surface area contributed by atoms with Gasteiger partial charge in [-0.15, -0.1) is 0 Å². The van der Waals surface area contributed by atoms with Gasteiger partial charge in [-0.05, 0) is 37.0 Å². The van der Waals surface area contributed by atoms with Crippen LogP contribution in [-0.4, -0.2) is 32.2 Å². The second-order valence-electron chi connectivity index (χ2n) is 4.35. The Hall–Kier alpha value is -3.20. The minimum absolute atomic E-state index is 0.331. The van der Waals surface area contributed by atoms with Crippen LogP contribution in [0.5, 0.6) is 0 Å². The highest BCUT2D eigenvalue weighted by Gasteiger charge is 2.06. The van der Waals surface area contributed by atoms with Gasteiger partial charge in [0.05, 0.1) is 18.4 Å². The molecule has 0 aromatic carbocycles. The summed E-state index contributed by atoms with van der Waals surface area (Å²) >= 11 is 0. The highest BCUT2D eigenvalue weighted by Crippen LogP contribution is 2.04. The van der Waals surface area contributed by atoms with Crippen molar-refractivity contribution in [2.24, 2.45) is 0 Å². The number of hydrogen-bond donors (Lipinski definition) is 0. The zero-order valence-corrected chi connectivity index (χ0v) is 11.9. The molecule has 6 heteroatoms. The van der Waals surface area contributed by atoms with Gasteiger partial charge in [0.2, 0.25) is 0 Å². The summed E-state index contributed by atoms with van der Waals surface area (Å²) in [5.41, 5.74) is 2.25. The molecule has 3 heterocycles. The summed E-state index contributed by atoms with van der Waals surface area (Å²) in [5.74, 6) is 5.44. The number of pyridine rings is 1. The van der Waals surface area contributed by atoms with Crippen LogP contribution in [0.3, 0.4) is 0 Å². The summed E-state index contributed by atoms with van der Waals surface area (Å²) in [6.45, 7) is 2.09. The van der Waals surface area contributed by atoms with Gasteiger partial charge in [-0.25, -0.2) is 19.3 Å². The first-order valence-corrected chi connectivity index (χ1v) is 6.72. The number of carbonyl (C=O) groups excluding carboxylic acids is 1. The fourth-order valence-electron chi connectivity index (χ4n) is 1.85. The van der Waals surface area contributed by atoms with Crippen molar-refractivity contribution in [3.8, 4) is 11.8 Å². The molecule has 108 valence electrons. The molecule has 0 N–H and O–H groups in total. The van der Waals surface area contributed by atoms with E-state index in [1.54, 1.807) is 48.1 Å². The molecule has 0 aliphatic carbocycles. The average Bonchev–Trinajstić information content (AvgIpc) is 3.01. The van der Waals surface area contributed by atoms with Gasteiger partial charge in [0.1, 0.15) is 11.4 Å². The monoisotopic (exact) mass is 292 g/mol. The summed E-state index contributed by atoms with van der Waals surface area (Å²) in [6.07, 6.45) is 4.99. The Morgan fingerprint density at radius 3 is 2.95 bits per heavy atom. The lowest BCUT2D eigenvalue weighted by Gasteiger charge is -2.00. The molecule has 0 radical (unpaired) electrons. The van der Waals surface area contributed by atoms with E-state index in [1.165, 1.54) is 6.20 Å². The van der Waals surface area contributed by atoms with Crippen LogP contribution >= 0.6 is 0 Å². The lowest BCUT2D eigenvalue weighted by Crippen LogP contribution is -2.05. The van der Waals surface area contributed by atoms with Crippen molar-refractivity contribution in [1.82, 2.24) is 19.6 Å². The SMILES string of the molecule is CCOC(=O)c1ccnc(C#Cc2ccn3nccc3n2)c1. The first kappa shape index (κ1) is 13.8. The number of rotatable bonds is 2. The lowest BCUT2D eigenvalue weighted by atomic mass is 10.2. The topological polar surface area (TPSA) is 69.4 Å². The van der Waals surface area contributed by atoms with Crippen molar-refractivity contribution in [3.05, 3.63) is 59.8 Å². The maximum atomic E-state index is 11.7. The summed E-state index contributed by atoms with van der Waals surface area (Å²) in [7, 11) is 0. The van der Waals surface area contributed by atoms with Crippen LogP contribution < -0.4 is 0 Å². The number of nitrogens with zero attached hydrogens (tertiary/aromatic N) is 4. The van der Waals surface area contributed by atoms with E-state index in [2.05, 4.69) is 26.9 Å². The normalized spacial score (nSPS) is 10.0. The zero-order chi connectivity index (χ0) is 15.4. The largest absolute Gasteiger partial charge is 0.462 e. The quantitative estimate of drug-likeness (QED) is 0.531. The van der Waals surface area contributed by atoms with Gasteiger partial charge in [-0.3, -0.25) is 0 Å². The van der Waals surface area contributed by atoms with Gasteiger partial charge in [-0.2, -0.15) is 5.10 Å². The fraction of sp³-hybridized carbons (Fsp3) is 0.125. The number of ether oxygens (including phenoxy) is 1. The van der Waals surface area contributed by atoms with Crippen molar-refractivity contribution < 1.29 is 9.53 Å². The Morgan fingerprint density at radius 1 is 1.23 bits per heavy atom. The second-order valence-corrected chi connectivity index (χ2v) is 4.35. The predicted molar refractivity (Wildman–Crippen MR) is 79.2 cm³/mol. The second kappa shape index (κ2) is 6.06. The van der Waals surface area contributed by atoms with E-state index in [-0.39, 0.29) is 5.97 Å². The van der Waals surface area contributed by atoms with Crippen LogP contribution in [0, 0.1) is 11.8 Å². The van der Waals surface area contributed by atoms with Crippen LogP contribution in [0.4, 0.5) is 0 Å². The van der Waals surface area contributed by atoms with Crippen LogP contribution in [0.1, 0.15) is 28.7 Å². The van der Waals surface area contributed by atoms with Crippen molar-refractivity contribution in [2.45, 2.75) is 6.92 Å². The standard InChI is InChI=1S/C16H12N4O2/c1-2-22-16(21)12-5-8-17-14(11-12)4-3-13-7-10-20-15(19-13)6-9-18-20/h5-11H,2H2,1H3. The summed E-state index contributed by atoms with van der Waals surface area (Å²) < 4.78 is 6.61. The predicted octanol–water partition coefficient (Wildman–Crippen LogP) is 1.70. The van der Waals surface area contributed by atoms with E-state index < -0.39 is 0 Å². The molecule has 0 aliphatic rings. The number of carbonyl (C=O) groups is 1. The smallest absolute Gasteiger partial charge is 0.338 e. The van der Waals surface area contributed by atoms with Crippen molar-refractivity contribution >= 4 is 11.6 Å². The molecule has 3 aromatic rings. The van der Waals surface area contributed by atoms with E-state index in [1.807, 2.05) is 0 Å².